The number of rotatable bonds is 8. The number of nitrogens with one attached hydrogen (secondary N) is 1. The molecule has 0 radical (unpaired) electrons. The van der Waals surface area contributed by atoms with Crippen molar-refractivity contribution in [3.8, 4) is 11.5 Å². The predicted octanol–water partition coefficient (Wildman–Crippen LogP) is 4.67. The molecule has 5 heteroatoms. The molecule has 1 atom stereocenters. The highest BCUT2D eigenvalue weighted by Crippen LogP contribution is 2.36. The van der Waals surface area contributed by atoms with Crippen LogP contribution in [-0.2, 0) is 0 Å². The SMILES string of the molecule is CCCOc1c(Cl)cc(C(=O)NCC(C)c2ccccc2)cc1OC. The third-order valence-electron chi connectivity index (χ3n) is 3.88. The molecule has 0 aromatic heterocycles. The normalized spacial score (nSPS) is 11.7. The Morgan fingerprint density at radius 3 is 2.60 bits per heavy atom. The van der Waals surface area contributed by atoms with E-state index >= 15 is 0 Å². The number of carbonyl (C=O) groups is 1. The molecule has 0 saturated carbocycles. The molecule has 0 bridgehead atoms. The smallest absolute Gasteiger partial charge is 0.251 e. The van der Waals surface area contributed by atoms with Crippen molar-refractivity contribution in [1.29, 1.82) is 0 Å². The maximum Gasteiger partial charge on any atom is 0.251 e. The minimum Gasteiger partial charge on any atom is -0.493 e. The van der Waals surface area contributed by atoms with Crippen molar-refractivity contribution in [2.75, 3.05) is 20.3 Å². The van der Waals surface area contributed by atoms with Gasteiger partial charge in [-0.15, -0.1) is 0 Å². The molecule has 25 heavy (non-hydrogen) atoms. The zero-order valence-electron chi connectivity index (χ0n) is 14.8. The van der Waals surface area contributed by atoms with Crippen molar-refractivity contribution >= 4 is 17.5 Å². The van der Waals surface area contributed by atoms with Crippen LogP contribution in [-0.4, -0.2) is 26.2 Å². The summed E-state index contributed by atoms with van der Waals surface area (Å²) in [6.45, 7) is 5.16. The molecule has 134 valence electrons. The molecule has 0 aliphatic rings. The standard InChI is InChI=1S/C20H24ClNO3/c1-4-10-25-19-17(21)11-16(12-18(19)24-3)20(23)22-13-14(2)15-8-6-5-7-9-15/h5-9,11-12,14H,4,10,13H2,1-3H3,(H,22,23). The Labute approximate surface area is 154 Å². The monoisotopic (exact) mass is 361 g/mol. The van der Waals surface area contributed by atoms with Gasteiger partial charge in [-0.1, -0.05) is 55.8 Å². The summed E-state index contributed by atoms with van der Waals surface area (Å²) in [5.74, 6) is 0.960. The van der Waals surface area contributed by atoms with Gasteiger partial charge in [0.1, 0.15) is 0 Å². The number of ether oxygens (including phenoxy) is 2. The topological polar surface area (TPSA) is 47.6 Å². The lowest BCUT2D eigenvalue weighted by Crippen LogP contribution is -2.27. The lowest BCUT2D eigenvalue weighted by molar-refractivity contribution is 0.0951. The van der Waals surface area contributed by atoms with Crippen LogP contribution in [0.2, 0.25) is 5.02 Å². The number of benzene rings is 2. The van der Waals surface area contributed by atoms with E-state index in [1.807, 2.05) is 25.1 Å². The van der Waals surface area contributed by atoms with Gasteiger partial charge in [-0.05, 0) is 30.0 Å². The zero-order chi connectivity index (χ0) is 18.2. The van der Waals surface area contributed by atoms with Crippen LogP contribution in [0.1, 0.15) is 42.1 Å². The summed E-state index contributed by atoms with van der Waals surface area (Å²) in [5.41, 5.74) is 1.63. The van der Waals surface area contributed by atoms with E-state index in [1.165, 1.54) is 12.7 Å². The van der Waals surface area contributed by atoms with Crippen LogP contribution in [0.3, 0.4) is 0 Å². The van der Waals surface area contributed by atoms with Crippen molar-refractivity contribution in [3.63, 3.8) is 0 Å². The fraction of sp³-hybridized carbons (Fsp3) is 0.350. The Kier molecular flexibility index (Phi) is 7.14. The molecule has 0 heterocycles. The van der Waals surface area contributed by atoms with E-state index in [-0.39, 0.29) is 11.8 Å². The fourth-order valence-electron chi connectivity index (χ4n) is 2.44. The summed E-state index contributed by atoms with van der Waals surface area (Å²) in [7, 11) is 1.53. The highest BCUT2D eigenvalue weighted by molar-refractivity contribution is 6.32. The molecule has 0 saturated heterocycles. The van der Waals surface area contributed by atoms with Crippen molar-refractivity contribution in [2.45, 2.75) is 26.2 Å². The summed E-state index contributed by atoms with van der Waals surface area (Å²) in [6, 6.07) is 13.3. The van der Waals surface area contributed by atoms with Gasteiger partial charge in [-0.2, -0.15) is 0 Å². The van der Waals surface area contributed by atoms with E-state index in [9.17, 15) is 4.79 Å². The minimum atomic E-state index is -0.190. The first-order valence-corrected chi connectivity index (χ1v) is 8.78. The van der Waals surface area contributed by atoms with Crippen LogP contribution in [0.4, 0.5) is 0 Å². The van der Waals surface area contributed by atoms with Crippen LogP contribution in [0.5, 0.6) is 11.5 Å². The predicted molar refractivity (Wildman–Crippen MR) is 101 cm³/mol. The third kappa shape index (κ3) is 5.13. The first-order chi connectivity index (χ1) is 12.1. The second kappa shape index (κ2) is 9.33. The van der Waals surface area contributed by atoms with Gasteiger partial charge in [-0.25, -0.2) is 0 Å². The zero-order valence-corrected chi connectivity index (χ0v) is 15.6. The Balaban J connectivity index is 2.07. The summed E-state index contributed by atoms with van der Waals surface area (Å²) in [5, 5.41) is 3.31. The highest BCUT2D eigenvalue weighted by Gasteiger charge is 2.16. The van der Waals surface area contributed by atoms with Crippen LogP contribution in [0, 0.1) is 0 Å². The maximum absolute atomic E-state index is 12.5. The Hall–Kier alpha value is -2.20. The number of hydrogen-bond donors (Lipinski definition) is 1. The van der Waals surface area contributed by atoms with E-state index in [4.69, 9.17) is 21.1 Å². The Morgan fingerprint density at radius 1 is 1.24 bits per heavy atom. The summed E-state index contributed by atoms with van der Waals surface area (Å²) < 4.78 is 10.9. The third-order valence-corrected chi connectivity index (χ3v) is 4.16. The van der Waals surface area contributed by atoms with Gasteiger partial charge >= 0.3 is 0 Å². The lowest BCUT2D eigenvalue weighted by atomic mass is 10.0. The molecule has 2 aromatic rings. The van der Waals surface area contributed by atoms with Gasteiger partial charge in [-0.3, -0.25) is 4.79 Å². The highest BCUT2D eigenvalue weighted by atomic mass is 35.5. The Bertz CT molecular complexity index is 704. The molecule has 1 unspecified atom stereocenters. The number of hydrogen-bond acceptors (Lipinski definition) is 3. The Morgan fingerprint density at radius 2 is 1.96 bits per heavy atom. The van der Waals surface area contributed by atoms with Gasteiger partial charge in [0.05, 0.1) is 18.7 Å². The van der Waals surface area contributed by atoms with Gasteiger partial charge in [0.15, 0.2) is 11.5 Å². The molecule has 0 aliphatic heterocycles. The van der Waals surface area contributed by atoms with Gasteiger partial charge < -0.3 is 14.8 Å². The van der Waals surface area contributed by atoms with Gasteiger partial charge in [0, 0.05) is 12.1 Å². The van der Waals surface area contributed by atoms with Crippen LogP contribution < -0.4 is 14.8 Å². The van der Waals surface area contributed by atoms with Gasteiger partial charge in [0.25, 0.3) is 5.91 Å². The van der Waals surface area contributed by atoms with Crippen molar-refractivity contribution in [3.05, 3.63) is 58.6 Å². The van der Waals surface area contributed by atoms with Crippen molar-refractivity contribution in [1.82, 2.24) is 5.32 Å². The van der Waals surface area contributed by atoms with Crippen LogP contribution in [0.15, 0.2) is 42.5 Å². The van der Waals surface area contributed by atoms with Gasteiger partial charge in [0.2, 0.25) is 0 Å². The average molecular weight is 362 g/mol. The van der Waals surface area contributed by atoms with E-state index in [2.05, 4.69) is 24.4 Å². The number of methoxy groups -OCH3 is 1. The molecule has 2 rings (SSSR count). The molecule has 1 N–H and O–H groups in total. The summed E-state index contributed by atoms with van der Waals surface area (Å²) >= 11 is 6.27. The molecule has 1 amide bonds. The first-order valence-electron chi connectivity index (χ1n) is 8.40. The number of halogens is 1. The van der Waals surface area contributed by atoms with Crippen molar-refractivity contribution < 1.29 is 14.3 Å². The second-order valence-electron chi connectivity index (χ2n) is 5.86. The molecule has 4 nitrogen and oxygen atoms in total. The van der Waals surface area contributed by atoms with E-state index < -0.39 is 0 Å². The molecular formula is C20H24ClNO3. The molecule has 0 spiro atoms. The molecule has 0 aliphatic carbocycles. The molecular weight excluding hydrogens is 338 g/mol. The van der Waals surface area contributed by atoms with E-state index in [1.54, 1.807) is 12.1 Å². The fourth-order valence-corrected chi connectivity index (χ4v) is 2.71. The van der Waals surface area contributed by atoms with E-state index in [0.717, 1.165) is 6.42 Å². The van der Waals surface area contributed by atoms with Crippen molar-refractivity contribution in [2.24, 2.45) is 0 Å². The van der Waals surface area contributed by atoms with Crippen LogP contribution in [0.25, 0.3) is 0 Å². The largest absolute Gasteiger partial charge is 0.493 e. The number of amides is 1. The average Bonchev–Trinajstić information content (AvgIpc) is 2.64. The summed E-state index contributed by atoms with van der Waals surface area (Å²) in [4.78, 5) is 12.5. The lowest BCUT2D eigenvalue weighted by Gasteiger charge is -2.15. The minimum absolute atomic E-state index is 0.190. The molecule has 2 aromatic carbocycles. The molecule has 0 fully saturated rings. The second-order valence-corrected chi connectivity index (χ2v) is 6.27. The summed E-state index contributed by atoms with van der Waals surface area (Å²) in [6.07, 6.45) is 0.860. The first kappa shape index (κ1) is 19.1. The van der Waals surface area contributed by atoms with Crippen LogP contribution >= 0.6 is 11.6 Å². The number of carbonyl (C=O) groups excluding carboxylic acids is 1. The maximum atomic E-state index is 12.5. The van der Waals surface area contributed by atoms with E-state index in [0.29, 0.717) is 35.2 Å². The quantitative estimate of drug-likeness (QED) is 0.743.